The summed E-state index contributed by atoms with van der Waals surface area (Å²) in [7, 11) is 1.60. The van der Waals surface area contributed by atoms with Crippen LogP contribution in [0.5, 0.6) is 11.5 Å². The van der Waals surface area contributed by atoms with E-state index >= 15 is 0 Å². The number of piperidine rings is 2. The van der Waals surface area contributed by atoms with Crippen molar-refractivity contribution in [2.24, 2.45) is 5.16 Å². The maximum Gasteiger partial charge on any atom is 0.279 e. The van der Waals surface area contributed by atoms with Gasteiger partial charge in [0.1, 0.15) is 0 Å². The number of nitrogens with zero attached hydrogens (tertiary/aromatic N) is 3. The molecule has 12 heteroatoms. The van der Waals surface area contributed by atoms with Gasteiger partial charge in [-0.2, -0.15) is 0 Å². The Morgan fingerprint density at radius 2 is 1.38 bits per heavy atom. The van der Waals surface area contributed by atoms with Gasteiger partial charge in [0.05, 0.1) is 43.1 Å². The number of aliphatic hydroxyl groups is 2. The van der Waals surface area contributed by atoms with Gasteiger partial charge in [0, 0.05) is 41.8 Å². The molecule has 1 atom stereocenters. The average Bonchev–Trinajstić information content (AvgIpc) is 3.85. The molecule has 276 valence electrons. The van der Waals surface area contributed by atoms with Gasteiger partial charge in [-0.05, 0) is 105 Å². The van der Waals surface area contributed by atoms with Crippen molar-refractivity contribution in [1.82, 2.24) is 9.80 Å². The highest BCUT2D eigenvalue weighted by molar-refractivity contribution is 6.30. The van der Waals surface area contributed by atoms with Gasteiger partial charge >= 0.3 is 0 Å². The highest BCUT2D eigenvalue weighted by atomic mass is 35.5. The molecule has 1 amide bonds. The first-order chi connectivity index (χ1) is 25.0. The van der Waals surface area contributed by atoms with Crippen molar-refractivity contribution in [3.8, 4) is 11.5 Å². The molecule has 0 bridgehead atoms. The zero-order valence-electron chi connectivity index (χ0n) is 29.4. The summed E-state index contributed by atoms with van der Waals surface area (Å²) in [6.45, 7) is 1.30. The normalized spacial score (nSPS) is 23.2. The van der Waals surface area contributed by atoms with Crippen molar-refractivity contribution >= 4 is 40.6 Å². The van der Waals surface area contributed by atoms with Crippen LogP contribution in [-0.2, 0) is 25.6 Å². The molecule has 3 aromatic carbocycles. The van der Waals surface area contributed by atoms with E-state index < -0.39 is 28.5 Å². The van der Waals surface area contributed by atoms with Crippen LogP contribution in [0.2, 0.25) is 10.0 Å². The highest BCUT2D eigenvalue weighted by Crippen LogP contribution is 2.40. The number of carbonyl (C=O) groups excluding carboxylic acids is 2. The van der Waals surface area contributed by atoms with Crippen LogP contribution in [-0.4, -0.2) is 89.0 Å². The fourth-order valence-corrected chi connectivity index (χ4v) is 8.20. The van der Waals surface area contributed by atoms with Crippen molar-refractivity contribution in [2.75, 3.05) is 39.8 Å². The summed E-state index contributed by atoms with van der Waals surface area (Å²) in [6.07, 6.45) is 5.62. The Morgan fingerprint density at radius 1 is 0.827 bits per heavy atom. The third-order valence-electron chi connectivity index (χ3n) is 11.3. The number of ketones is 1. The van der Waals surface area contributed by atoms with Crippen LogP contribution >= 0.6 is 23.2 Å². The van der Waals surface area contributed by atoms with Crippen LogP contribution in [0.1, 0.15) is 74.5 Å². The topological polar surface area (TPSA) is 121 Å². The smallest absolute Gasteiger partial charge is 0.279 e. The van der Waals surface area contributed by atoms with Gasteiger partial charge in [-0.1, -0.05) is 52.6 Å². The monoisotopic (exact) mass is 749 g/mol. The van der Waals surface area contributed by atoms with Gasteiger partial charge in [-0.25, -0.2) is 0 Å². The second kappa shape index (κ2) is 15.0. The van der Waals surface area contributed by atoms with E-state index in [1.54, 1.807) is 48.4 Å². The van der Waals surface area contributed by atoms with Crippen LogP contribution in [0, 0.1) is 0 Å². The number of benzene rings is 3. The third-order valence-corrected chi connectivity index (χ3v) is 11.8. The van der Waals surface area contributed by atoms with Crippen molar-refractivity contribution in [3.63, 3.8) is 0 Å². The van der Waals surface area contributed by atoms with Crippen LogP contribution in [0.25, 0.3) is 0 Å². The number of carbonyl (C=O) groups is 2. The van der Waals surface area contributed by atoms with Gasteiger partial charge in [0.2, 0.25) is 5.78 Å². The molecule has 2 saturated heterocycles. The van der Waals surface area contributed by atoms with E-state index in [1.807, 2.05) is 35.2 Å². The molecule has 0 spiro atoms. The number of hydrogen-bond donors (Lipinski definition) is 2. The summed E-state index contributed by atoms with van der Waals surface area (Å²) in [5, 5.41) is 28.5. The molecule has 0 aromatic heterocycles. The largest absolute Gasteiger partial charge is 0.493 e. The number of ether oxygens (including phenoxy) is 2. The summed E-state index contributed by atoms with van der Waals surface area (Å²) < 4.78 is 11.9. The quantitative estimate of drug-likeness (QED) is 0.234. The Labute approximate surface area is 314 Å². The van der Waals surface area contributed by atoms with Crippen LogP contribution < -0.4 is 9.47 Å². The zero-order chi connectivity index (χ0) is 36.5. The molecular formula is C40H45Cl2N3O7. The number of hydrogen-bond acceptors (Lipinski definition) is 9. The molecule has 52 heavy (non-hydrogen) atoms. The fraction of sp³-hybridized carbons (Fsp3) is 0.475. The first kappa shape index (κ1) is 36.7. The Bertz CT molecular complexity index is 1800. The summed E-state index contributed by atoms with van der Waals surface area (Å²) >= 11 is 12.2. The lowest BCUT2D eigenvalue weighted by Crippen LogP contribution is -2.59. The molecule has 1 aliphatic carbocycles. The lowest BCUT2D eigenvalue weighted by molar-refractivity contribution is -0.167. The lowest BCUT2D eigenvalue weighted by atomic mass is 9.82. The molecule has 4 aliphatic rings. The minimum atomic E-state index is -1.89. The Balaban J connectivity index is 1.10. The standard InChI is InChI=1S/C40H45Cl2N3O7/c1-50-34-15-6-27(24-35(34)51-32-4-2-3-5-32)33-25-40(52-43-33,37(47)45-22-18-39(49,19-23-45)29-9-13-31(42)14-10-29)36(46)26-44-20-16-38(48,17-21-44)28-7-11-30(41)12-8-28/h6-15,24,32,48-49H,2-5,16-23,25-26H2,1H3. The first-order valence-corrected chi connectivity index (χ1v) is 18.9. The van der Waals surface area contributed by atoms with Crippen LogP contribution in [0.4, 0.5) is 0 Å². The first-order valence-electron chi connectivity index (χ1n) is 18.1. The van der Waals surface area contributed by atoms with Gasteiger partial charge in [-0.15, -0.1) is 0 Å². The Kier molecular flexibility index (Phi) is 10.6. The number of halogens is 2. The van der Waals surface area contributed by atoms with Gasteiger partial charge in [0.15, 0.2) is 11.5 Å². The zero-order valence-corrected chi connectivity index (χ0v) is 30.9. The van der Waals surface area contributed by atoms with Crippen molar-refractivity contribution in [2.45, 2.75) is 80.7 Å². The van der Waals surface area contributed by atoms with Crippen LogP contribution in [0.3, 0.4) is 0 Å². The molecule has 0 radical (unpaired) electrons. The molecule has 3 heterocycles. The summed E-state index contributed by atoms with van der Waals surface area (Å²) in [4.78, 5) is 38.7. The average molecular weight is 751 g/mol. The molecule has 1 saturated carbocycles. The Morgan fingerprint density at radius 3 is 1.94 bits per heavy atom. The van der Waals surface area contributed by atoms with E-state index in [1.165, 1.54) is 0 Å². The third kappa shape index (κ3) is 7.41. The molecule has 10 nitrogen and oxygen atoms in total. The van der Waals surface area contributed by atoms with Crippen molar-refractivity contribution < 1.29 is 34.1 Å². The predicted octanol–water partition coefficient (Wildman–Crippen LogP) is 6.25. The Hall–Kier alpha value is -3.67. The maximum absolute atomic E-state index is 14.6. The van der Waals surface area contributed by atoms with Crippen molar-refractivity contribution in [3.05, 3.63) is 93.5 Å². The van der Waals surface area contributed by atoms with Crippen LogP contribution in [0.15, 0.2) is 71.9 Å². The molecule has 7 rings (SSSR count). The minimum absolute atomic E-state index is 0.0492. The van der Waals surface area contributed by atoms with Gasteiger partial charge in [0.25, 0.3) is 11.5 Å². The number of methoxy groups -OCH3 is 1. The minimum Gasteiger partial charge on any atom is -0.493 e. The van der Waals surface area contributed by atoms with Gasteiger partial charge < -0.3 is 29.4 Å². The number of Topliss-reactive ketones (excluding diaryl/α,β-unsaturated/α-hetero) is 1. The fourth-order valence-electron chi connectivity index (χ4n) is 7.95. The summed E-state index contributed by atoms with van der Waals surface area (Å²) in [5.41, 5.74) is -1.41. The highest BCUT2D eigenvalue weighted by Gasteiger charge is 2.56. The van der Waals surface area contributed by atoms with E-state index in [0.717, 1.165) is 36.8 Å². The second-order valence-corrected chi connectivity index (χ2v) is 15.5. The van der Waals surface area contributed by atoms with Gasteiger partial charge in [-0.3, -0.25) is 14.5 Å². The second-order valence-electron chi connectivity index (χ2n) is 14.6. The molecule has 2 N–H and O–H groups in total. The van der Waals surface area contributed by atoms with E-state index in [2.05, 4.69) is 5.16 Å². The molecule has 1 unspecified atom stereocenters. The molecule has 3 aliphatic heterocycles. The molecule has 3 fully saturated rings. The van der Waals surface area contributed by atoms with Crippen molar-refractivity contribution in [1.29, 1.82) is 0 Å². The number of likely N-dealkylation sites (tertiary alicyclic amines) is 2. The summed E-state index contributed by atoms with van der Waals surface area (Å²) in [5.74, 6) is 0.310. The van der Waals surface area contributed by atoms with E-state index in [9.17, 15) is 19.8 Å². The number of oxime groups is 1. The van der Waals surface area contributed by atoms with E-state index in [-0.39, 0.29) is 45.0 Å². The van der Waals surface area contributed by atoms with E-state index in [4.69, 9.17) is 37.5 Å². The predicted molar refractivity (Wildman–Crippen MR) is 198 cm³/mol. The van der Waals surface area contributed by atoms with E-state index in [0.29, 0.717) is 58.8 Å². The summed E-state index contributed by atoms with van der Waals surface area (Å²) in [6, 6.07) is 19.8. The maximum atomic E-state index is 14.6. The number of rotatable bonds is 10. The SMILES string of the molecule is COc1ccc(C2=NOC(C(=O)CN3CCC(O)(c4ccc(Cl)cc4)CC3)(C(=O)N3CCC(O)(c4ccc(Cl)cc4)CC3)C2)cc1OC1CCCC1. The number of amides is 1. The molecule has 3 aromatic rings. The lowest BCUT2D eigenvalue weighted by Gasteiger charge is -2.41. The molecular weight excluding hydrogens is 705 g/mol.